The molecule has 3 heteroatoms. The zero-order valence-corrected chi connectivity index (χ0v) is 13.5. The molecule has 0 atom stereocenters. The Balaban J connectivity index is 1.70. The fourth-order valence-corrected chi connectivity index (χ4v) is 3.43. The van der Waals surface area contributed by atoms with Gasteiger partial charge in [0.2, 0.25) is 0 Å². The van der Waals surface area contributed by atoms with Gasteiger partial charge in [-0.05, 0) is 48.9 Å². The Morgan fingerprint density at radius 1 is 1.20 bits per heavy atom. The van der Waals surface area contributed by atoms with Crippen molar-refractivity contribution in [3.8, 4) is 0 Å². The minimum atomic E-state index is 0.712. The minimum absolute atomic E-state index is 0.712. The van der Waals surface area contributed by atoms with Gasteiger partial charge in [-0.25, -0.2) is 0 Å². The van der Waals surface area contributed by atoms with Gasteiger partial charge in [-0.1, -0.05) is 26.0 Å². The summed E-state index contributed by atoms with van der Waals surface area (Å²) in [7, 11) is 0. The van der Waals surface area contributed by atoms with Crippen LogP contribution in [0, 0.1) is 11.8 Å². The van der Waals surface area contributed by atoms with Crippen molar-refractivity contribution < 1.29 is 4.74 Å². The van der Waals surface area contributed by atoms with Crippen LogP contribution in [0.2, 0.25) is 0 Å². The largest absolute Gasteiger partial charge is 0.381 e. The predicted octanol–water partition coefficient (Wildman–Crippen LogP) is 3.95. The highest BCUT2D eigenvalue weighted by molar-refractivity contribution is 7.99. The average Bonchev–Trinajstić information content (AvgIpc) is 2.47. The first-order chi connectivity index (χ1) is 9.74. The van der Waals surface area contributed by atoms with Gasteiger partial charge in [-0.15, -0.1) is 11.8 Å². The average molecular weight is 293 g/mol. The lowest BCUT2D eigenvalue weighted by molar-refractivity contribution is 0.0728. The number of nitrogens with one attached hydrogen (secondary N) is 1. The second kappa shape index (κ2) is 8.71. The first-order valence-electron chi connectivity index (χ1n) is 7.74. The van der Waals surface area contributed by atoms with E-state index in [9.17, 15) is 0 Å². The molecule has 1 N–H and O–H groups in total. The van der Waals surface area contributed by atoms with Crippen LogP contribution in [0.4, 0.5) is 0 Å². The maximum atomic E-state index is 5.41. The molecule has 2 rings (SSSR count). The SMILES string of the molecule is CC(C)CNCc1ccc(SCC2CCOCC2)cc1. The van der Waals surface area contributed by atoms with Crippen molar-refractivity contribution in [2.45, 2.75) is 38.1 Å². The Morgan fingerprint density at radius 2 is 1.90 bits per heavy atom. The molecule has 0 saturated carbocycles. The molecule has 0 aromatic heterocycles. The third kappa shape index (κ3) is 5.86. The highest BCUT2D eigenvalue weighted by atomic mass is 32.2. The van der Waals surface area contributed by atoms with Crippen LogP contribution >= 0.6 is 11.8 Å². The molecule has 2 nitrogen and oxygen atoms in total. The van der Waals surface area contributed by atoms with Gasteiger partial charge in [0, 0.05) is 30.4 Å². The molecule has 0 amide bonds. The van der Waals surface area contributed by atoms with Crippen LogP contribution in [0.5, 0.6) is 0 Å². The van der Waals surface area contributed by atoms with E-state index in [2.05, 4.69) is 43.4 Å². The van der Waals surface area contributed by atoms with Gasteiger partial charge in [0.1, 0.15) is 0 Å². The number of rotatable bonds is 7. The van der Waals surface area contributed by atoms with Crippen molar-refractivity contribution in [2.75, 3.05) is 25.5 Å². The summed E-state index contributed by atoms with van der Waals surface area (Å²) >= 11 is 1.99. The lowest BCUT2D eigenvalue weighted by Crippen LogP contribution is -2.18. The molecule has 0 bridgehead atoms. The molecule has 1 aromatic rings. The van der Waals surface area contributed by atoms with E-state index in [1.54, 1.807) is 0 Å². The van der Waals surface area contributed by atoms with E-state index in [1.807, 2.05) is 11.8 Å². The lowest BCUT2D eigenvalue weighted by Gasteiger charge is -2.21. The van der Waals surface area contributed by atoms with Gasteiger partial charge in [0.25, 0.3) is 0 Å². The van der Waals surface area contributed by atoms with E-state index in [0.717, 1.165) is 32.2 Å². The second-order valence-corrected chi connectivity index (χ2v) is 7.13. The summed E-state index contributed by atoms with van der Waals surface area (Å²) < 4.78 is 5.41. The molecule has 1 aliphatic rings. The normalized spacial score (nSPS) is 16.8. The van der Waals surface area contributed by atoms with Crippen molar-refractivity contribution in [1.29, 1.82) is 0 Å². The third-order valence-corrected chi connectivity index (χ3v) is 4.88. The molecule has 1 heterocycles. The Labute approximate surface area is 127 Å². The number of hydrogen-bond acceptors (Lipinski definition) is 3. The van der Waals surface area contributed by atoms with Gasteiger partial charge in [-0.2, -0.15) is 0 Å². The van der Waals surface area contributed by atoms with Crippen LogP contribution in [0.3, 0.4) is 0 Å². The minimum Gasteiger partial charge on any atom is -0.381 e. The Kier molecular flexibility index (Phi) is 6.91. The van der Waals surface area contributed by atoms with E-state index in [0.29, 0.717) is 5.92 Å². The molecule has 0 radical (unpaired) electrons. The summed E-state index contributed by atoms with van der Waals surface area (Å²) in [4.78, 5) is 1.39. The summed E-state index contributed by atoms with van der Waals surface area (Å²) in [6.07, 6.45) is 2.45. The number of thioether (sulfide) groups is 1. The summed E-state index contributed by atoms with van der Waals surface area (Å²) in [6.45, 7) is 8.44. The standard InChI is InChI=1S/C17H27NOS/c1-14(2)11-18-12-15-3-5-17(6-4-15)20-13-16-7-9-19-10-8-16/h3-6,14,16,18H,7-13H2,1-2H3. The van der Waals surface area contributed by atoms with E-state index in [-0.39, 0.29) is 0 Å². The Hall–Kier alpha value is -0.510. The van der Waals surface area contributed by atoms with Crippen molar-refractivity contribution in [3.63, 3.8) is 0 Å². The van der Waals surface area contributed by atoms with Crippen LogP contribution in [0.1, 0.15) is 32.3 Å². The lowest BCUT2D eigenvalue weighted by atomic mass is 10.0. The van der Waals surface area contributed by atoms with E-state index in [1.165, 1.54) is 29.1 Å². The Bertz CT molecular complexity index is 371. The van der Waals surface area contributed by atoms with E-state index >= 15 is 0 Å². The monoisotopic (exact) mass is 293 g/mol. The molecule has 1 aromatic carbocycles. The molecule has 0 spiro atoms. The molecule has 1 aliphatic heterocycles. The molecule has 1 fully saturated rings. The fourth-order valence-electron chi connectivity index (χ4n) is 2.34. The predicted molar refractivity (Wildman–Crippen MR) is 87.3 cm³/mol. The maximum absolute atomic E-state index is 5.41. The first kappa shape index (κ1) is 15.9. The van der Waals surface area contributed by atoms with Gasteiger partial charge in [0.15, 0.2) is 0 Å². The molecular formula is C17H27NOS. The summed E-state index contributed by atoms with van der Waals surface area (Å²) in [5.41, 5.74) is 1.38. The fraction of sp³-hybridized carbons (Fsp3) is 0.647. The van der Waals surface area contributed by atoms with Crippen molar-refractivity contribution in [3.05, 3.63) is 29.8 Å². The Morgan fingerprint density at radius 3 is 2.55 bits per heavy atom. The van der Waals surface area contributed by atoms with Gasteiger partial charge in [0.05, 0.1) is 0 Å². The molecule has 0 unspecified atom stereocenters. The van der Waals surface area contributed by atoms with Gasteiger partial charge >= 0.3 is 0 Å². The van der Waals surface area contributed by atoms with E-state index < -0.39 is 0 Å². The smallest absolute Gasteiger partial charge is 0.0468 e. The van der Waals surface area contributed by atoms with Crippen LogP contribution in [-0.4, -0.2) is 25.5 Å². The summed E-state index contributed by atoms with van der Waals surface area (Å²) in [6, 6.07) is 9.02. The molecule has 112 valence electrons. The quantitative estimate of drug-likeness (QED) is 0.769. The number of benzene rings is 1. The van der Waals surface area contributed by atoms with Crippen LogP contribution < -0.4 is 5.32 Å². The maximum Gasteiger partial charge on any atom is 0.0468 e. The van der Waals surface area contributed by atoms with Gasteiger partial charge < -0.3 is 10.1 Å². The third-order valence-electron chi connectivity index (χ3n) is 3.63. The number of ether oxygens (including phenoxy) is 1. The number of hydrogen-bond donors (Lipinski definition) is 1. The molecule has 0 aliphatic carbocycles. The van der Waals surface area contributed by atoms with Crippen molar-refractivity contribution in [1.82, 2.24) is 5.32 Å². The van der Waals surface area contributed by atoms with Crippen molar-refractivity contribution >= 4 is 11.8 Å². The molecular weight excluding hydrogens is 266 g/mol. The highest BCUT2D eigenvalue weighted by Crippen LogP contribution is 2.25. The van der Waals surface area contributed by atoms with Gasteiger partial charge in [-0.3, -0.25) is 0 Å². The van der Waals surface area contributed by atoms with Crippen LogP contribution in [0.15, 0.2) is 29.2 Å². The van der Waals surface area contributed by atoms with Crippen LogP contribution in [0.25, 0.3) is 0 Å². The second-order valence-electron chi connectivity index (χ2n) is 6.04. The van der Waals surface area contributed by atoms with E-state index in [4.69, 9.17) is 4.74 Å². The summed E-state index contributed by atoms with van der Waals surface area (Å²) in [5, 5.41) is 3.48. The molecule has 20 heavy (non-hydrogen) atoms. The topological polar surface area (TPSA) is 21.3 Å². The van der Waals surface area contributed by atoms with Crippen LogP contribution in [-0.2, 0) is 11.3 Å². The van der Waals surface area contributed by atoms with Crippen molar-refractivity contribution in [2.24, 2.45) is 11.8 Å². The molecule has 1 saturated heterocycles. The summed E-state index contributed by atoms with van der Waals surface area (Å²) in [5.74, 6) is 2.78. The zero-order valence-electron chi connectivity index (χ0n) is 12.7. The first-order valence-corrected chi connectivity index (χ1v) is 8.73. The zero-order chi connectivity index (χ0) is 14.2. The highest BCUT2D eigenvalue weighted by Gasteiger charge is 2.13.